The summed E-state index contributed by atoms with van der Waals surface area (Å²) in [6, 6.07) is 0. The lowest BCUT2D eigenvalue weighted by atomic mass is 9.82. The lowest BCUT2D eigenvalue weighted by molar-refractivity contribution is 0.227. The number of hydrogen-bond donors (Lipinski definition) is 1. The van der Waals surface area contributed by atoms with Crippen LogP contribution in [-0.4, -0.2) is 30.3 Å². The SMILES string of the molecule is CCC1(CC)CCN(CC(C)CS)C1. The molecule has 2 heteroatoms. The molecule has 1 nitrogen and oxygen atoms in total. The van der Waals surface area contributed by atoms with Crippen LogP contribution in [-0.2, 0) is 0 Å². The Labute approximate surface area is 94.7 Å². The topological polar surface area (TPSA) is 3.24 Å². The molecule has 1 unspecified atom stereocenters. The fourth-order valence-corrected chi connectivity index (χ4v) is 2.62. The van der Waals surface area contributed by atoms with E-state index in [4.69, 9.17) is 0 Å². The van der Waals surface area contributed by atoms with Crippen molar-refractivity contribution < 1.29 is 0 Å². The van der Waals surface area contributed by atoms with Crippen LogP contribution >= 0.6 is 12.6 Å². The molecule has 0 radical (unpaired) electrons. The van der Waals surface area contributed by atoms with E-state index in [1.807, 2.05) is 0 Å². The summed E-state index contributed by atoms with van der Waals surface area (Å²) < 4.78 is 0. The zero-order valence-electron chi connectivity index (χ0n) is 9.92. The Bertz CT molecular complexity index is 166. The van der Waals surface area contributed by atoms with E-state index in [2.05, 4.69) is 38.3 Å². The standard InChI is InChI=1S/C12H25NS/c1-4-12(5-2)6-7-13(10-12)8-11(3)9-14/h11,14H,4-10H2,1-3H3. The van der Waals surface area contributed by atoms with Crippen molar-refractivity contribution in [2.45, 2.75) is 40.0 Å². The van der Waals surface area contributed by atoms with Gasteiger partial charge in [-0.3, -0.25) is 0 Å². The molecule has 1 aliphatic rings. The van der Waals surface area contributed by atoms with Crippen molar-refractivity contribution in [3.8, 4) is 0 Å². The monoisotopic (exact) mass is 215 g/mol. The molecule has 0 aliphatic carbocycles. The molecule has 0 spiro atoms. The van der Waals surface area contributed by atoms with Gasteiger partial charge < -0.3 is 4.90 Å². The van der Waals surface area contributed by atoms with Crippen molar-refractivity contribution in [3.05, 3.63) is 0 Å². The van der Waals surface area contributed by atoms with Crippen molar-refractivity contribution in [1.82, 2.24) is 4.90 Å². The highest BCUT2D eigenvalue weighted by Crippen LogP contribution is 2.37. The van der Waals surface area contributed by atoms with Crippen LogP contribution in [0.25, 0.3) is 0 Å². The van der Waals surface area contributed by atoms with Gasteiger partial charge in [-0.2, -0.15) is 12.6 Å². The molecule has 0 saturated carbocycles. The van der Waals surface area contributed by atoms with E-state index in [0.29, 0.717) is 5.41 Å². The molecule has 1 atom stereocenters. The lowest BCUT2D eigenvalue weighted by Crippen LogP contribution is -2.30. The van der Waals surface area contributed by atoms with Gasteiger partial charge in [0.25, 0.3) is 0 Å². The van der Waals surface area contributed by atoms with Crippen molar-refractivity contribution in [2.75, 3.05) is 25.4 Å². The van der Waals surface area contributed by atoms with Gasteiger partial charge in [0, 0.05) is 13.1 Å². The Balaban J connectivity index is 2.40. The zero-order chi connectivity index (χ0) is 10.6. The highest BCUT2D eigenvalue weighted by atomic mass is 32.1. The van der Waals surface area contributed by atoms with Gasteiger partial charge in [-0.05, 0) is 42.9 Å². The Morgan fingerprint density at radius 1 is 1.36 bits per heavy atom. The molecule has 0 aromatic heterocycles. The molecule has 0 aromatic rings. The maximum Gasteiger partial charge on any atom is 0.00384 e. The van der Waals surface area contributed by atoms with Gasteiger partial charge in [-0.15, -0.1) is 0 Å². The summed E-state index contributed by atoms with van der Waals surface area (Å²) in [4.78, 5) is 2.63. The largest absolute Gasteiger partial charge is 0.302 e. The van der Waals surface area contributed by atoms with Crippen LogP contribution in [0.1, 0.15) is 40.0 Å². The minimum atomic E-state index is 0.635. The normalized spacial score (nSPS) is 24.0. The van der Waals surface area contributed by atoms with E-state index in [1.165, 1.54) is 38.9 Å². The summed E-state index contributed by atoms with van der Waals surface area (Å²) in [6.45, 7) is 10.8. The summed E-state index contributed by atoms with van der Waals surface area (Å²) in [5, 5.41) is 0. The van der Waals surface area contributed by atoms with Crippen LogP contribution in [0.2, 0.25) is 0 Å². The first-order valence-corrected chi connectivity index (χ1v) is 6.62. The molecular formula is C12H25NS. The second-order valence-corrected chi connectivity index (χ2v) is 5.35. The average molecular weight is 215 g/mol. The molecule has 84 valence electrons. The van der Waals surface area contributed by atoms with Crippen LogP contribution in [0.5, 0.6) is 0 Å². The van der Waals surface area contributed by atoms with Crippen molar-refractivity contribution >= 4 is 12.6 Å². The molecule has 0 N–H and O–H groups in total. The summed E-state index contributed by atoms with van der Waals surface area (Å²) >= 11 is 4.35. The van der Waals surface area contributed by atoms with E-state index in [0.717, 1.165) is 11.7 Å². The summed E-state index contributed by atoms with van der Waals surface area (Å²) in [5.41, 5.74) is 0.635. The van der Waals surface area contributed by atoms with Crippen molar-refractivity contribution in [1.29, 1.82) is 0 Å². The van der Waals surface area contributed by atoms with Gasteiger partial charge in [-0.25, -0.2) is 0 Å². The number of likely N-dealkylation sites (tertiary alicyclic amines) is 1. The fraction of sp³-hybridized carbons (Fsp3) is 1.00. The molecule has 1 aliphatic heterocycles. The van der Waals surface area contributed by atoms with E-state index >= 15 is 0 Å². The van der Waals surface area contributed by atoms with Crippen LogP contribution in [0.4, 0.5) is 0 Å². The molecule has 1 saturated heterocycles. The van der Waals surface area contributed by atoms with Gasteiger partial charge in [0.1, 0.15) is 0 Å². The maximum atomic E-state index is 4.35. The number of rotatable bonds is 5. The number of thiol groups is 1. The molecule has 0 aromatic carbocycles. The smallest absolute Gasteiger partial charge is 0.00384 e. The third-order valence-corrected chi connectivity index (χ3v) is 4.52. The van der Waals surface area contributed by atoms with Crippen LogP contribution in [0.3, 0.4) is 0 Å². The van der Waals surface area contributed by atoms with Crippen LogP contribution in [0, 0.1) is 11.3 Å². The van der Waals surface area contributed by atoms with Crippen molar-refractivity contribution in [3.63, 3.8) is 0 Å². The third-order valence-electron chi connectivity index (χ3n) is 3.90. The minimum Gasteiger partial charge on any atom is -0.302 e. The van der Waals surface area contributed by atoms with E-state index in [1.54, 1.807) is 0 Å². The van der Waals surface area contributed by atoms with Gasteiger partial charge in [0.2, 0.25) is 0 Å². The van der Waals surface area contributed by atoms with Gasteiger partial charge in [0.05, 0.1) is 0 Å². The Morgan fingerprint density at radius 2 is 2.00 bits per heavy atom. The van der Waals surface area contributed by atoms with Crippen molar-refractivity contribution in [2.24, 2.45) is 11.3 Å². The first kappa shape index (κ1) is 12.4. The first-order chi connectivity index (χ1) is 6.65. The molecule has 1 rings (SSSR count). The third kappa shape index (κ3) is 2.90. The maximum absolute atomic E-state index is 4.35. The Kier molecular flexibility index (Phi) is 4.78. The number of nitrogens with zero attached hydrogens (tertiary/aromatic N) is 1. The first-order valence-electron chi connectivity index (χ1n) is 5.99. The highest BCUT2D eigenvalue weighted by molar-refractivity contribution is 7.80. The molecule has 14 heavy (non-hydrogen) atoms. The molecular weight excluding hydrogens is 190 g/mol. The zero-order valence-corrected chi connectivity index (χ0v) is 10.8. The average Bonchev–Trinajstić information content (AvgIpc) is 2.62. The molecule has 0 amide bonds. The van der Waals surface area contributed by atoms with Crippen LogP contribution < -0.4 is 0 Å². The second-order valence-electron chi connectivity index (χ2n) is 4.98. The fourth-order valence-electron chi connectivity index (χ4n) is 2.51. The summed E-state index contributed by atoms with van der Waals surface area (Å²) in [6.07, 6.45) is 4.09. The molecule has 0 bridgehead atoms. The molecule has 1 heterocycles. The Morgan fingerprint density at radius 3 is 2.43 bits per heavy atom. The highest BCUT2D eigenvalue weighted by Gasteiger charge is 2.34. The molecule has 1 fully saturated rings. The quantitative estimate of drug-likeness (QED) is 0.690. The van der Waals surface area contributed by atoms with E-state index in [-0.39, 0.29) is 0 Å². The Hall–Kier alpha value is 0.310. The second kappa shape index (κ2) is 5.41. The minimum absolute atomic E-state index is 0.635. The predicted octanol–water partition coefficient (Wildman–Crippen LogP) is 3.06. The van der Waals surface area contributed by atoms with Gasteiger partial charge in [0.15, 0.2) is 0 Å². The summed E-state index contributed by atoms with van der Waals surface area (Å²) in [7, 11) is 0. The van der Waals surface area contributed by atoms with E-state index in [9.17, 15) is 0 Å². The lowest BCUT2D eigenvalue weighted by Gasteiger charge is -2.27. The summed E-state index contributed by atoms with van der Waals surface area (Å²) in [5.74, 6) is 1.75. The van der Waals surface area contributed by atoms with Crippen LogP contribution in [0.15, 0.2) is 0 Å². The predicted molar refractivity (Wildman–Crippen MR) is 67.1 cm³/mol. The van der Waals surface area contributed by atoms with Gasteiger partial charge in [-0.1, -0.05) is 20.8 Å². The van der Waals surface area contributed by atoms with Gasteiger partial charge >= 0.3 is 0 Å². The van der Waals surface area contributed by atoms with E-state index < -0.39 is 0 Å². The number of hydrogen-bond acceptors (Lipinski definition) is 2.